The summed E-state index contributed by atoms with van der Waals surface area (Å²) in [5.41, 5.74) is 0.687. The lowest BCUT2D eigenvalue weighted by atomic mass is 10.1. The van der Waals surface area contributed by atoms with E-state index in [0.717, 1.165) is 19.3 Å². The first-order valence-electron chi connectivity index (χ1n) is 8.60. The van der Waals surface area contributed by atoms with Gasteiger partial charge in [-0.2, -0.15) is 4.31 Å². The lowest BCUT2D eigenvalue weighted by molar-refractivity contribution is 0.102. The van der Waals surface area contributed by atoms with Crippen molar-refractivity contribution in [1.29, 1.82) is 0 Å². The summed E-state index contributed by atoms with van der Waals surface area (Å²) < 4.78 is 27.4. The van der Waals surface area contributed by atoms with Crippen LogP contribution in [0.1, 0.15) is 36.5 Å². The van der Waals surface area contributed by atoms with E-state index in [9.17, 15) is 18.3 Å². The van der Waals surface area contributed by atoms with Gasteiger partial charge in [-0.1, -0.05) is 18.6 Å². The largest absolute Gasteiger partial charge is 0.508 e. The molecule has 0 radical (unpaired) electrons. The van der Waals surface area contributed by atoms with Gasteiger partial charge >= 0.3 is 0 Å². The molecule has 1 atom stereocenters. The number of carbonyl (C=O) groups is 1. The number of hydrogen-bond acceptors (Lipinski definition) is 4. The number of hydrogen-bond donors (Lipinski definition) is 2. The topological polar surface area (TPSA) is 86.7 Å². The van der Waals surface area contributed by atoms with Crippen molar-refractivity contribution < 1.29 is 18.3 Å². The summed E-state index contributed by atoms with van der Waals surface area (Å²) in [6.45, 7) is 2.42. The number of rotatable bonds is 4. The average Bonchev–Trinajstić information content (AvgIpc) is 2.62. The van der Waals surface area contributed by atoms with Crippen LogP contribution in [0.25, 0.3) is 0 Å². The summed E-state index contributed by atoms with van der Waals surface area (Å²) in [5.74, 6) is -0.391. The number of carbonyl (C=O) groups excluding carboxylic acids is 1. The number of phenols is 1. The molecule has 1 aliphatic rings. The molecule has 2 aromatic carbocycles. The van der Waals surface area contributed by atoms with Crippen molar-refractivity contribution in [2.75, 3.05) is 11.9 Å². The first kappa shape index (κ1) is 18.4. The highest BCUT2D eigenvalue weighted by atomic mass is 32.2. The van der Waals surface area contributed by atoms with Crippen LogP contribution >= 0.6 is 0 Å². The SMILES string of the molecule is CC1CCCCN1S(=O)(=O)c1cccc(C(=O)Nc2cccc(O)c2)c1. The number of sulfonamides is 1. The number of piperidine rings is 1. The van der Waals surface area contributed by atoms with Crippen LogP contribution in [0.15, 0.2) is 53.4 Å². The summed E-state index contributed by atoms with van der Waals surface area (Å²) in [5, 5.41) is 12.1. The quantitative estimate of drug-likeness (QED) is 0.860. The van der Waals surface area contributed by atoms with Crippen molar-refractivity contribution in [3.63, 3.8) is 0 Å². The van der Waals surface area contributed by atoms with Crippen molar-refractivity contribution in [3.8, 4) is 5.75 Å². The smallest absolute Gasteiger partial charge is 0.255 e. The Bertz CT molecular complexity index is 911. The summed E-state index contributed by atoms with van der Waals surface area (Å²) in [6.07, 6.45) is 2.72. The number of phenolic OH excluding ortho intramolecular Hbond substituents is 1. The molecule has 6 nitrogen and oxygen atoms in total. The lowest BCUT2D eigenvalue weighted by Gasteiger charge is -2.32. The molecule has 0 saturated carbocycles. The van der Waals surface area contributed by atoms with Gasteiger partial charge in [-0.05, 0) is 50.1 Å². The Labute approximate surface area is 153 Å². The van der Waals surface area contributed by atoms with Gasteiger partial charge in [0.25, 0.3) is 5.91 Å². The Morgan fingerprint density at radius 1 is 1.15 bits per heavy atom. The number of nitrogens with one attached hydrogen (secondary N) is 1. The van der Waals surface area contributed by atoms with Crippen LogP contribution in [-0.2, 0) is 10.0 Å². The fraction of sp³-hybridized carbons (Fsp3) is 0.316. The molecule has 0 aromatic heterocycles. The third-order valence-electron chi connectivity index (χ3n) is 4.55. The van der Waals surface area contributed by atoms with E-state index in [4.69, 9.17) is 0 Å². The average molecular weight is 374 g/mol. The van der Waals surface area contributed by atoms with E-state index in [1.54, 1.807) is 24.3 Å². The van der Waals surface area contributed by atoms with Gasteiger partial charge in [0.15, 0.2) is 0 Å². The van der Waals surface area contributed by atoms with Crippen LogP contribution in [-0.4, -0.2) is 36.3 Å². The van der Waals surface area contributed by atoms with Gasteiger partial charge in [-0.25, -0.2) is 8.42 Å². The number of benzene rings is 2. The van der Waals surface area contributed by atoms with Gasteiger partial charge in [0.05, 0.1) is 4.90 Å². The van der Waals surface area contributed by atoms with Crippen molar-refractivity contribution in [2.45, 2.75) is 37.1 Å². The van der Waals surface area contributed by atoms with E-state index < -0.39 is 15.9 Å². The zero-order valence-electron chi connectivity index (χ0n) is 14.6. The zero-order chi connectivity index (χ0) is 18.7. The van der Waals surface area contributed by atoms with Crippen LogP contribution in [0, 0.1) is 0 Å². The van der Waals surface area contributed by atoms with Crippen LogP contribution in [0.4, 0.5) is 5.69 Å². The van der Waals surface area contributed by atoms with E-state index in [1.165, 1.54) is 28.6 Å². The van der Waals surface area contributed by atoms with Crippen LogP contribution in [0.3, 0.4) is 0 Å². The molecule has 1 amide bonds. The van der Waals surface area contributed by atoms with E-state index >= 15 is 0 Å². The molecule has 0 spiro atoms. The molecule has 1 heterocycles. The van der Waals surface area contributed by atoms with Gasteiger partial charge < -0.3 is 10.4 Å². The minimum atomic E-state index is -3.63. The molecule has 1 unspecified atom stereocenters. The van der Waals surface area contributed by atoms with Gasteiger partial charge in [0.2, 0.25) is 10.0 Å². The van der Waals surface area contributed by atoms with E-state index in [-0.39, 0.29) is 22.3 Å². The van der Waals surface area contributed by atoms with Crippen LogP contribution in [0.5, 0.6) is 5.75 Å². The number of aromatic hydroxyl groups is 1. The predicted molar refractivity (Wildman–Crippen MR) is 99.7 cm³/mol. The first-order chi connectivity index (χ1) is 12.4. The van der Waals surface area contributed by atoms with Crippen molar-refractivity contribution in [1.82, 2.24) is 4.31 Å². The Hall–Kier alpha value is -2.38. The molecular formula is C19H22N2O4S. The number of anilines is 1. The maximum atomic E-state index is 12.9. The summed E-state index contributed by atoms with van der Waals surface area (Å²) >= 11 is 0. The maximum absolute atomic E-state index is 12.9. The second-order valence-electron chi connectivity index (χ2n) is 6.49. The number of nitrogens with zero attached hydrogens (tertiary/aromatic N) is 1. The summed E-state index contributed by atoms with van der Waals surface area (Å²) in [6, 6.07) is 12.2. The first-order valence-corrected chi connectivity index (χ1v) is 10.0. The molecule has 0 bridgehead atoms. The van der Waals surface area contributed by atoms with Gasteiger partial charge in [0, 0.05) is 29.9 Å². The monoisotopic (exact) mass is 374 g/mol. The van der Waals surface area contributed by atoms with E-state index in [2.05, 4.69) is 5.32 Å². The molecule has 7 heteroatoms. The Balaban J connectivity index is 1.84. The third kappa shape index (κ3) is 3.89. The van der Waals surface area contributed by atoms with Crippen molar-refractivity contribution in [2.24, 2.45) is 0 Å². The summed E-state index contributed by atoms with van der Waals surface area (Å²) in [4.78, 5) is 12.6. The minimum absolute atomic E-state index is 0.0400. The highest BCUT2D eigenvalue weighted by Crippen LogP contribution is 2.26. The molecular weight excluding hydrogens is 352 g/mol. The Kier molecular flexibility index (Phi) is 5.29. The normalized spacial score (nSPS) is 18.4. The molecule has 3 rings (SSSR count). The van der Waals surface area contributed by atoms with E-state index in [1.807, 2.05) is 6.92 Å². The Morgan fingerprint density at radius 3 is 2.65 bits per heavy atom. The van der Waals surface area contributed by atoms with Gasteiger partial charge in [-0.3, -0.25) is 4.79 Å². The van der Waals surface area contributed by atoms with E-state index in [0.29, 0.717) is 12.2 Å². The second-order valence-corrected chi connectivity index (χ2v) is 8.38. The van der Waals surface area contributed by atoms with Crippen molar-refractivity contribution in [3.05, 3.63) is 54.1 Å². The number of amides is 1. The molecule has 0 aliphatic carbocycles. The lowest BCUT2D eigenvalue weighted by Crippen LogP contribution is -2.41. The van der Waals surface area contributed by atoms with Crippen LogP contribution < -0.4 is 5.32 Å². The fourth-order valence-electron chi connectivity index (χ4n) is 3.15. The molecule has 1 aliphatic heterocycles. The standard InChI is InChI=1S/C19H22N2O4S/c1-14-6-2-3-11-21(14)26(24,25)18-10-4-7-15(12-18)19(23)20-16-8-5-9-17(22)13-16/h4-5,7-10,12-14,22H,2-3,6,11H2,1H3,(H,20,23). The van der Waals surface area contributed by atoms with Gasteiger partial charge in [-0.15, -0.1) is 0 Å². The molecule has 138 valence electrons. The second kappa shape index (κ2) is 7.47. The molecule has 2 aromatic rings. The Morgan fingerprint density at radius 2 is 1.92 bits per heavy atom. The highest BCUT2D eigenvalue weighted by molar-refractivity contribution is 7.89. The van der Waals surface area contributed by atoms with Crippen LogP contribution in [0.2, 0.25) is 0 Å². The van der Waals surface area contributed by atoms with Crippen molar-refractivity contribution >= 4 is 21.6 Å². The molecule has 1 fully saturated rings. The fourth-order valence-corrected chi connectivity index (χ4v) is 4.89. The highest BCUT2D eigenvalue weighted by Gasteiger charge is 2.31. The predicted octanol–water partition coefficient (Wildman–Crippen LogP) is 3.21. The third-order valence-corrected chi connectivity index (χ3v) is 6.56. The molecule has 1 saturated heterocycles. The maximum Gasteiger partial charge on any atom is 0.255 e. The molecule has 26 heavy (non-hydrogen) atoms. The zero-order valence-corrected chi connectivity index (χ0v) is 15.4. The summed E-state index contributed by atoms with van der Waals surface area (Å²) in [7, 11) is -3.63. The van der Waals surface area contributed by atoms with Gasteiger partial charge in [0.1, 0.15) is 5.75 Å². The minimum Gasteiger partial charge on any atom is -0.508 e. The molecule has 2 N–H and O–H groups in total.